The smallest absolute Gasteiger partial charge is 0.124 e. The third-order valence-electron chi connectivity index (χ3n) is 3.34. The standard InChI is InChI=1S/C18H23NO/c1-3-7-15-10-11-18(17(12-15)14(2)19)20-13-16-8-5-4-6-9-16/h4-6,8-12,14H,3,7,13,19H2,1-2H3. The van der Waals surface area contributed by atoms with Gasteiger partial charge in [-0.15, -0.1) is 0 Å². The Kier molecular flexibility index (Phi) is 5.19. The molecule has 2 rings (SSSR count). The Morgan fingerprint density at radius 2 is 1.80 bits per heavy atom. The number of hydrogen-bond donors (Lipinski definition) is 1. The fourth-order valence-electron chi connectivity index (χ4n) is 2.26. The second-order valence-corrected chi connectivity index (χ2v) is 5.19. The largest absolute Gasteiger partial charge is 0.489 e. The maximum Gasteiger partial charge on any atom is 0.124 e. The van der Waals surface area contributed by atoms with Crippen molar-refractivity contribution < 1.29 is 4.74 Å². The van der Waals surface area contributed by atoms with E-state index in [0.29, 0.717) is 6.61 Å². The fraction of sp³-hybridized carbons (Fsp3) is 0.333. The van der Waals surface area contributed by atoms with Gasteiger partial charge in [-0.25, -0.2) is 0 Å². The van der Waals surface area contributed by atoms with Crippen LogP contribution in [0.3, 0.4) is 0 Å². The van der Waals surface area contributed by atoms with Gasteiger partial charge in [-0.1, -0.05) is 55.8 Å². The Hall–Kier alpha value is -1.80. The Morgan fingerprint density at radius 3 is 2.45 bits per heavy atom. The molecule has 0 aliphatic heterocycles. The first kappa shape index (κ1) is 14.6. The van der Waals surface area contributed by atoms with E-state index in [4.69, 9.17) is 10.5 Å². The zero-order valence-corrected chi connectivity index (χ0v) is 12.3. The minimum absolute atomic E-state index is 0.0161. The average Bonchev–Trinajstić information content (AvgIpc) is 2.47. The van der Waals surface area contributed by atoms with Gasteiger partial charge in [0.1, 0.15) is 12.4 Å². The van der Waals surface area contributed by atoms with E-state index in [1.165, 1.54) is 11.1 Å². The molecule has 0 saturated carbocycles. The van der Waals surface area contributed by atoms with Crippen LogP contribution in [0.4, 0.5) is 0 Å². The molecular weight excluding hydrogens is 246 g/mol. The van der Waals surface area contributed by atoms with E-state index < -0.39 is 0 Å². The summed E-state index contributed by atoms with van der Waals surface area (Å²) in [6, 6.07) is 16.5. The van der Waals surface area contributed by atoms with Crippen molar-refractivity contribution in [2.45, 2.75) is 39.3 Å². The second-order valence-electron chi connectivity index (χ2n) is 5.19. The highest BCUT2D eigenvalue weighted by Crippen LogP contribution is 2.26. The second kappa shape index (κ2) is 7.11. The van der Waals surface area contributed by atoms with Crippen LogP contribution in [0.25, 0.3) is 0 Å². The predicted molar refractivity (Wildman–Crippen MR) is 83.8 cm³/mol. The monoisotopic (exact) mass is 269 g/mol. The van der Waals surface area contributed by atoms with Crippen LogP contribution in [0.2, 0.25) is 0 Å². The van der Waals surface area contributed by atoms with Gasteiger partial charge in [0.15, 0.2) is 0 Å². The molecule has 1 unspecified atom stereocenters. The van der Waals surface area contributed by atoms with Crippen LogP contribution in [0, 0.1) is 0 Å². The van der Waals surface area contributed by atoms with Gasteiger partial charge in [-0.05, 0) is 30.5 Å². The van der Waals surface area contributed by atoms with Crippen LogP contribution < -0.4 is 10.5 Å². The van der Waals surface area contributed by atoms with E-state index in [-0.39, 0.29) is 6.04 Å². The molecular formula is C18H23NO. The van der Waals surface area contributed by atoms with Crippen molar-refractivity contribution in [3.8, 4) is 5.75 Å². The summed E-state index contributed by atoms with van der Waals surface area (Å²) < 4.78 is 5.94. The highest BCUT2D eigenvalue weighted by atomic mass is 16.5. The van der Waals surface area contributed by atoms with Crippen LogP contribution in [0.5, 0.6) is 5.75 Å². The van der Waals surface area contributed by atoms with Crippen molar-refractivity contribution in [3.05, 3.63) is 65.2 Å². The molecule has 2 heteroatoms. The highest BCUT2D eigenvalue weighted by molar-refractivity contribution is 5.39. The summed E-state index contributed by atoms with van der Waals surface area (Å²) in [5, 5.41) is 0. The summed E-state index contributed by atoms with van der Waals surface area (Å²) in [6.45, 7) is 4.76. The van der Waals surface area contributed by atoms with E-state index in [1.807, 2.05) is 31.2 Å². The molecule has 1 atom stereocenters. The first-order valence-electron chi connectivity index (χ1n) is 7.26. The molecule has 2 aromatic carbocycles. The summed E-state index contributed by atoms with van der Waals surface area (Å²) in [4.78, 5) is 0. The topological polar surface area (TPSA) is 35.2 Å². The molecule has 0 aliphatic carbocycles. The normalized spacial score (nSPS) is 12.2. The van der Waals surface area contributed by atoms with Crippen LogP contribution in [-0.2, 0) is 13.0 Å². The lowest BCUT2D eigenvalue weighted by Crippen LogP contribution is -2.09. The molecule has 2 aromatic rings. The third-order valence-corrected chi connectivity index (χ3v) is 3.34. The lowest BCUT2D eigenvalue weighted by atomic mass is 10.0. The molecule has 0 aliphatic rings. The molecule has 0 fully saturated rings. The Balaban J connectivity index is 2.14. The fourth-order valence-corrected chi connectivity index (χ4v) is 2.26. The molecule has 0 bridgehead atoms. The molecule has 0 heterocycles. The number of benzene rings is 2. The van der Waals surface area contributed by atoms with Gasteiger partial charge in [0, 0.05) is 11.6 Å². The summed E-state index contributed by atoms with van der Waals surface area (Å²) in [6.07, 6.45) is 2.22. The summed E-state index contributed by atoms with van der Waals surface area (Å²) in [5.41, 5.74) is 9.65. The molecule has 0 radical (unpaired) electrons. The number of ether oxygens (including phenoxy) is 1. The number of rotatable bonds is 6. The molecule has 2 N–H and O–H groups in total. The van der Waals surface area contributed by atoms with Crippen LogP contribution in [0.15, 0.2) is 48.5 Å². The van der Waals surface area contributed by atoms with Crippen molar-refractivity contribution >= 4 is 0 Å². The minimum Gasteiger partial charge on any atom is -0.489 e. The van der Waals surface area contributed by atoms with E-state index in [2.05, 4.69) is 31.2 Å². The van der Waals surface area contributed by atoms with Crippen LogP contribution in [0.1, 0.15) is 43.0 Å². The average molecular weight is 269 g/mol. The van der Waals surface area contributed by atoms with Crippen molar-refractivity contribution in [1.29, 1.82) is 0 Å². The molecule has 0 amide bonds. The lowest BCUT2D eigenvalue weighted by Gasteiger charge is -2.15. The van der Waals surface area contributed by atoms with Gasteiger partial charge in [-0.2, -0.15) is 0 Å². The van der Waals surface area contributed by atoms with Crippen molar-refractivity contribution in [2.75, 3.05) is 0 Å². The zero-order valence-electron chi connectivity index (χ0n) is 12.3. The van der Waals surface area contributed by atoms with Crippen LogP contribution in [-0.4, -0.2) is 0 Å². The Labute approximate surface area is 121 Å². The van der Waals surface area contributed by atoms with Crippen molar-refractivity contribution in [3.63, 3.8) is 0 Å². The molecule has 20 heavy (non-hydrogen) atoms. The van der Waals surface area contributed by atoms with Gasteiger partial charge in [0.05, 0.1) is 0 Å². The van der Waals surface area contributed by atoms with Gasteiger partial charge in [0.2, 0.25) is 0 Å². The number of nitrogens with two attached hydrogens (primary N) is 1. The summed E-state index contributed by atoms with van der Waals surface area (Å²) in [5.74, 6) is 0.892. The Bertz CT molecular complexity index is 534. The van der Waals surface area contributed by atoms with Crippen LogP contribution >= 0.6 is 0 Å². The lowest BCUT2D eigenvalue weighted by molar-refractivity contribution is 0.301. The molecule has 0 saturated heterocycles. The molecule has 106 valence electrons. The first-order chi connectivity index (χ1) is 9.70. The molecule has 0 aromatic heterocycles. The predicted octanol–water partition coefficient (Wildman–Crippen LogP) is 4.24. The summed E-state index contributed by atoms with van der Waals surface area (Å²) in [7, 11) is 0. The minimum atomic E-state index is -0.0161. The van der Waals surface area contributed by atoms with Crippen molar-refractivity contribution in [2.24, 2.45) is 5.73 Å². The third kappa shape index (κ3) is 3.84. The zero-order chi connectivity index (χ0) is 14.4. The van der Waals surface area contributed by atoms with Crippen molar-refractivity contribution in [1.82, 2.24) is 0 Å². The van der Waals surface area contributed by atoms with Gasteiger partial charge < -0.3 is 10.5 Å². The number of hydrogen-bond acceptors (Lipinski definition) is 2. The maximum absolute atomic E-state index is 6.07. The van der Waals surface area contributed by atoms with E-state index in [9.17, 15) is 0 Å². The van der Waals surface area contributed by atoms with E-state index >= 15 is 0 Å². The van der Waals surface area contributed by atoms with Gasteiger partial charge in [-0.3, -0.25) is 0 Å². The number of aryl methyl sites for hydroxylation is 1. The Morgan fingerprint density at radius 1 is 1.05 bits per heavy atom. The SMILES string of the molecule is CCCc1ccc(OCc2ccccc2)c(C(C)N)c1. The highest BCUT2D eigenvalue weighted by Gasteiger charge is 2.09. The molecule has 0 spiro atoms. The van der Waals surface area contributed by atoms with Gasteiger partial charge in [0.25, 0.3) is 0 Å². The van der Waals surface area contributed by atoms with E-state index in [0.717, 1.165) is 24.2 Å². The summed E-state index contributed by atoms with van der Waals surface area (Å²) >= 11 is 0. The first-order valence-corrected chi connectivity index (χ1v) is 7.26. The van der Waals surface area contributed by atoms with E-state index in [1.54, 1.807) is 0 Å². The maximum atomic E-state index is 6.07. The van der Waals surface area contributed by atoms with Gasteiger partial charge >= 0.3 is 0 Å². The quantitative estimate of drug-likeness (QED) is 0.851. The molecule has 2 nitrogen and oxygen atoms in total.